The van der Waals surface area contributed by atoms with Crippen molar-refractivity contribution in [3.05, 3.63) is 59.1 Å². The molecule has 0 aromatic heterocycles. The maximum Gasteiger partial charge on any atom is 0.405 e. The van der Waals surface area contributed by atoms with Crippen LogP contribution in [0.15, 0.2) is 53.4 Å². The van der Waals surface area contributed by atoms with E-state index >= 15 is 0 Å². The van der Waals surface area contributed by atoms with E-state index in [1.165, 1.54) is 42.5 Å². The van der Waals surface area contributed by atoms with Gasteiger partial charge in [-0.2, -0.15) is 13.2 Å². The van der Waals surface area contributed by atoms with Crippen LogP contribution in [0, 0.1) is 0 Å². The number of alkyl halides is 3. The van der Waals surface area contributed by atoms with Crippen molar-refractivity contribution in [3.63, 3.8) is 0 Å². The molecule has 0 atom stereocenters. The SMILES string of the molecule is O=C(NCC(F)(F)F)c1cccc(S(=O)(=O)Nc2ccc(Cl)cc2)c1. The summed E-state index contributed by atoms with van der Waals surface area (Å²) in [7, 11) is -4.02. The number of nitrogens with one attached hydrogen (secondary N) is 2. The predicted molar refractivity (Wildman–Crippen MR) is 87.1 cm³/mol. The van der Waals surface area contributed by atoms with E-state index in [0.29, 0.717) is 5.02 Å². The van der Waals surface area contributed by atoms with Crippen LogP contribution in [0.5, 0.6) is 0 Å². The van der Waals surface area contributed by atoms with E-state index in [1.54, 1.807) is 5.32 Å². The standard InChI is InChI=1S/C15H12ClF3N2O3S/c16-11-4-6-12(7-5-11)21-25(23,24)13-3-1-2-10(8-13)14(22)20-9-15(17,18)19/h1-8,21H,9H2,(H,20,22). The Kier molecular flexibility index (Phi) is 5.58. The highest BCUT2D eigenvalue weighted by Crippen LogP contribution is 2.19. The number of benzene rings is 2. The molecule has 25 heavy (non-hydrogen) atoms. The van der Waals surface area contributed by atoms with Crippen LogP contribution in [-0.2, 0) is 10.0 Å². The third-order valence-electron chi connectivity index (χ3n) is 2.95. The first-order chi connectivity index (χ1) is 11.6. The van der Waals surface area contributed by atoms with Crippen molar-refractivity contribution in [2.45, 2.75) is 11.1 Å². The number of rotatable bonds is 5. The molecule has 134 valence electrons. The highest BCUT2D eigenvalue weighted by molar-refractivity contribution is 7.92. The van der Waals surface area contributed by atoms with Crippen molar-refractivity contribution < 1.29 is 26.4 Å². The molecule has 2 N–H and O–H groups in total. The average molecular weight is 393 g/mol. The topological polar surface area (TPSA) is 75.3 Å². The molecule has 5 nitrogen and oxygen atoms in total. The molecule has 2 aromatic rings. The minimum Gasteiger partial charge on any atom is -0.343 e. The second kappa shape index (κ2) is 7.32. The number of anilines is 1. The number of hydrogen-bond acceptors (Lipinski definition) is 3. The van der Waals surface area contributed by atoms with E-state index in [0.717, 1.165) is 6.07 Å². The van der Waals surface area contributed by atoms with E-state index in [-0.39, 0.29) is 16.1 Å². The summed E-state index contributed by atoms with van der Waals surface area (Å²) in [5, 5.41) is 2.10. The monoisotopic (exact) mass is 392 g/mol. The zero-order chi connectivity index (χ0) is 18.7. The van der Waals surface area contributed by atoms with E-state index in [2.05, 4.69) is 4.72 Å². The Labute approximate surface area is 146 Å². The zero-order valence-corrected chi connectivity index (χ0v) is 14.0. The molecule has 2 aromatic carbocycles. The van der Waals surface area contributed by atoms with Gasteiger partial charge in [0, 0.05) is 16.3 Å². The van der Waals surface area contributed by atoms with Gasteiger partial charge >= 0.3 is 6.18 Å². The van der Waals surface area contributed by atoms with Crippen LogP contribution in [0.25, 0.3) is 0 Å². The fourth-order valence-electron chi connectivity index (χ4n) is 1.82. The lowest BCUT2D eigenvalue weighted by Gasteiger charge is -2.11. The van der Waals surface area contributed by atoms with Crippen LogP contribution in [0.4, 0.5) is 18.9 Å². The lowest BCUT2D eigenvalue weighted by atomic mass is 10.2. The number of carbonyl (C=O) groups excluding carboxylic acids is 1. The van der Waals surface area contributed by atoms with Gasteiger partial charge in [0.05, 0.1) is 4.90 Å². The predicted octanol–water partition coefficient (Wildman–Crippen LogP) is 3.43. The summed E-state index contributed by atoms with van der Waals surface area (Å²) < 4.78 is 63.4. The van der Waals surface area contributed by atoms with Gasteiger partial charge in [-0.15, -0.1) is 0 Å². The summed E-state index contributed by atoms with van der Waals surface area (Å²) in [6.07, 6.45) is -4.56. The van der Waals surface area contributed by atoms with E-state index < -0.39 is 28.7 Å². The number of carbonyl (C=O) groups is 1. The molecule has 0 saturated heterocycles. The molecule has 0 aliphatic heterocycles. The fourth-order valence-corrected chi connectivity index (χ4v) is 3.05. The molecule has 10 heteroatoms. The van der Waals surface area contributed by atoms with Crippen LogP contribution in [0.2, 0.25) is 5.02 Å². The smallest absolute Gasteiger partial charge is 0.343 e. The second-order valence-corrected chi connectivity index (χ2v) is 7.06. The molecular weight excluding hydrogens is 381 g/mol. The minimum atomic E-state index is -4.56. The average Bonchev–Trinajstić information content (AvgIpc) is 2.54. The molecule has 0 radical (unpaired) electrons. The third kappa shape index (κ3) is 5.64. The van der Waals surface area contributed by atoms with Gasteiger partial charge < -0.3 is 5.32 Å². The van der Waals surface area contributed by atoms with E-state index in [9.17, 15) is 26.4 Å². The first-order valence-corrected chi connectivity index (χ1v) is 8.66. The molecule has 0 aliphatic rings. The second-order valence-electron chi connectivity index (χ2n) is 4.94. The Bertz CT molecular complexity index is 868. The lowest BCUT2D eigenvalue weighted by Crippen LogP contribution is -2.33. The van der Waals surface area contributed by atoms with E-state index in [4.69, 9.17) is 11.6 Å². The Hall–Kier alpha value is -2.26. The van der Waals surface area contributed by atoms with Crippen molar-refractivity contribution in [2.75, 3.05) is 11.3 Å². The van der Waals surface area contributed by atoms with Crippen molar-refractivity contribution in [1.29, 1.82) is 0 Å². The van der Waals surface area contributed by atoms with Gasteiger partial charge in [-0.1, -0.05) is 17.7 Å². The number of sulfonamides is 1. The van der Waals surface area contributed by atoms with Gasteiger partial charge in [0.15, 0.2) is 0 Å². The lowest BCUT2D eigenvalue weighted by molar-refractivity contribution is -0.123. The van der Waals surface area contributed by atoms with E-state index in [1.807, 2.05) is 0 Å². The number of halogens is 4. The van der Waals surface area contributed by atoms with Crippen LogP contribution in [0.3, 0.4) is 0 Å². The molecule has 2 rings (SSSR count). The van der Waals surface area contributed by atoms with Gasteiger partial charge in [-0.05, 0) is 42.5 Å². The summed E-state index contributed by atoms with van der Waals surface area (Å²) in [5.74, 6) is -1.03. The molecular formula is C15H12ClF3N2O3S. The Morgan fingerprint density at radius 2 is 1.72 bits per heavy atom. The van der Waals surface area contributed by atoms with Gasteiger partial charge in [0.1, 0.15) is 6.54 Å². The molecule has 0 bridgehead atoms. The highest BCUT2D eigenvalue weighted by atomic mass is 35.5. The largest absolute Gasteiger partial charge is 0.405 e. The Morgan fingerprint density at radius 3 is 2.32 bits per heavy atom. The van der Waals surface area contributed by atoms with Crippen LogP contribution in [0.1, 0.15) is 10.4 Å². The summed E-state index contributed by atoms with van der Waals surface area (Å²) in [5.41, 5.74) is 0.0413. The van der Waals surface area contributed by atoms with Crippen molar-refractivity contribution in [3.8, 4) is 0 Å². The molecule has 0 spiro atoms. The Morgan fingerprint density at radius 1 is 1.08 bits per heavy atom. The number of amides is 1. The normalized spacial score (nSPS) is 11.8. The first kappa shape index (κ1) is 19.1. The van der Waals surface area contributed by atoms with Crippen LogP contribution in [-0.4, -0.2) is 27.0 Å². The fraction of sp³-hybridized carbons (Fsp3) is 0.133. The quantitative estimate of drug-likeness (QED) is 0.818. The van der Waals surface area contributed by atoms with Crippen molar-refractivity contribution in [2.24, 2.45) is 0 Å². The summed E-state index contributed by atoms with van der Waals surface area (Å²) >= 11 is 5.72. The van der Waals surface area contributed by atoms with Gasteiger partial charge in [0.2, 0.25) is 0 Å². The summed E-state index contributed by atoms with van der Waals surface area (Å²) in [4.78, 5) is 11.5. The van der Waals surface area contributed by atoms with Gasteiger partial charge in [0.25, 0.3) is 15.9 Å². The van der Waals surface area contributed by atoms with Crippen molar-refractivity contribution in [1.82, 2.24) is 5.32 Å². The van der Waals surface area contributed by atoms with Gasteiger partial charge in [-0.25, -0.2) is 8.42 Å². The number of hydrogen-bond donors (Lipinski definition) is 2. The minimum absolute atomic E-state index is 0.205. The maximum absolute atomic E-state index is 12.3. The van der Waals surface area contributed by atoms with Gasteiger partial charge in [-0.3, -0.25) is 9.52 Å². The molecule has 0 heterocycles. The molecule has 0 fully saturated rings. The summed E-state index contributed by atoms with van der Waals surface area (Å²) in [6, 6.07) is 10.6. The third-order valence-corrected chi connectivity index (χ3v) is 4.58. The molecule has 0 saturated carbocycles. The first-order valence-electron chi connectivity index (χ1n) is 6.80. The summed E-state index contributed by atoms with van der Waals surface area (Å²) in [6.45, 7) is -1.51. The molecule has 0 aliphatic carbocycles. The molecule has 1 amide bonds. The Balaban J connectivity index is 2.19. The van der Waals surface area contributed by atoms with Crippen LogP contribution < -0.4 is 10.0 Å². The van der Waals surface area contributed by atoms with Crippen LogP contribution >= 0.6 is 11.6 Å². The molecule has 0 unspecified atom stereocenters. The maximum atomic E-state index is 12.3. The highest BCUT2D eigenvalue weighted by Gasteiger charge is 2.28. The zero-order valence-electron chi connectivity index (χ0n) is 12.5. The van der Waals surface area contributed by atoms with Crippen molar-refractivity contribution >= 4 is 33.2 Å².